The number of amides is 2. The van der Waals surface area contributed by atoms with Gasteiger partial charge in [-0.2, -0.15) is 5.26 Å². The number of nitrogens with zero attached hydrogens (tertiary/aromatic N) is 2. The van der Waals surface area contributed by atoms with Crippen LogP contribution in [0.25, 0.3) is 0 Å². The number of aromatic nitrogens is 1. The van der Waals surface area contributed by atoms with E-state index in [1.54, 1.807) is 45.0 Å². The monoisotopic (exact) mass is 436 g/mol. The topological polar surface area (TPSA) is 132 Å². The third-order valence-electron chi connectivity index (χ3n) is 5.48. The average molecular weight is 436 g/mol. The van der Waals surface area contributed by atoms with Crippen LogP contribution in [0.15, 0.2) is 29.1 Å². The summed E-state index contributed by atoms with van der Waals surface area (Å²) in [7, 11) is 0. The minimum Gasteiger partial charge on any atom is -0.456 e. The van der Waals surface area contributed by atoms with Crippen molar-refractivity contribution in [1.29, 1.82) is 5.26 Å². The lowest BCUT2D eigenvalue weighted by Crippen LogP contribution is -2.41. The van der Waals surface area contributed by atoms with Crippen LogP contribution in [0.2, 0.25) is 0 Å². The van der Waals surface area contributed by atoms with E-state index in [-0.39, 0.29) is 30.7 Å². The fourth-order valence-corrected chi connectivity index (χ4v) is 3.90. The molecule has 0 saturated heterocycles. The number of carbonyl (C=O) groups is 3. The Morgan fingerprint density at radius 2 is 1.97 bits per heavy atom. The van der Waals surface area contributed by atoms with Crippen molar-refractivity contribution in [3.8, 4) is 6.07 Å². The number of fused-ring (bicyclic) bond motifs is 1. The number of carbonyl (C=O) groups excluding carboxylic acids is 3. The summed E-state index contributed by atoms with van der Waals surface area (Å²) in [5, 5.41) is 11.9. The van der Waals surface area contributed by atoms with E-state index in [1.165, 1.54) is 4.90 Å². The number of anilines is 2. The first-order chi connectivity index (χ1) is 15.2. The van der Waals surface area contributed by atoms with Gasteiger partial charge in [-0.15, -0.1) is 0 Å². The van der Waals surface area contributed by atoms with Crippen LogP contribution in [0.5, 0.6) is 0 Å². The quantitative estimate of drug-likeness (QED) is 0.690. The Kier molecular flexibility index (Phi) is 6.73. The third kappa shape index (κ3) is 4.70. The molecule has 2 aromatic rings. The highest BCUT2D eigenvalue weighted by molar-refractivity contribution is 6.05. The Morgan fingerprint density at radius 3 is 2.69 bits per heavy atom. The van der Waals surface area contributed by atoms with Gasteiger partial charge in [0.2, 0.25) is 5.91 Å². The van der Waals surface area contributed by atoms with E-state index in [0.29, 0.717) is 28.2 Å². The van der Waals surface area contributed by atoms with Crippen molar-refractivity contribution in [1.82, 2.24) is 4.98 Å². The van der Waals surface area contributed by atoms with Gasteiger partial charge in [0.05, 0.1) is 11.4 Å². The smallest absolute Gasteiger partial charge is 0.306 e. The van der Waals surface area contributed by atoms with Gasteiger partial charge >= 0.3 is 5.97 Å². The van der Waals surface area contributed by atoms with Crippen LogP contribution in [0.3, 0.4) is 0 Å². The maximum Gasteiger partial charge on any atom is 0.306 e. The number of nitriles is 1. The Bertz CT molecular complexity index is 1180. The van der Waals surface area contributed by atoms with Crippen LogP contribution in [0, 0.1) is 25.2 Å². The maximum atomic E-state index is 12.9. The van der Waals surface area contributed by atoms with Crippen LogP contribution in [0.1, 0.15) is 42.1 Å². The molecule has 2 N–H and O–H groups in total. The lowest BCUT2D eigenvalue weighted by Gasteiger charge is -2.27. The largest absolute Gasteiger partial charge is 0.456 e. The van der Waals surface area contributed by atoms with Crippen molar-refractivity contribution in [2.24, 2.45) is 0 Å². The number of aryl methyl sites for hydroxylation is 1. The Morgan fingerprint density at radius 1 is 1.25 bits per heavy atom. The number of H-pyrrole nitrogens is 1. The summed E-state index contributed by atoms with van der Waals surface area (Å²) in [6.07, 6.45) is 0.371. The number of hydrogen-bond donors (Lipinski definition) is 2. The lowest BCUT2D eigenvalue weighted by atomic mass is 9.99. The van der Waals surface area contributed by atoms with E-state index in [9.17, 15) is 19.2 Å². The van der Waals surface area contributed by atoms with E-state index in [2.05, 4.69) is 10.3 Å². The fraction of sp³-hybridized carbons (Fsp3) is 0.348. The molecule has 0 bridgehead atoms. The first-order valence-corrected chi connectivity index (χ1v) is 10.2. The van der Waals surface area contributed by atoms with Gasteiger partial charge in [0, 0.05) is 24.6 Å². The first kappa shape index (κ1) is 22.7. The summed E-state index contributed by atoms with van der Waals surface area (Å²) in [6, 6.07) is 8.44. The van der Waals surface area contributed by atoms with Gasteiger partial charge in [-0.05, 0) is 50.5 Å². The molecule has 1 aromatic carbocycles. The molecule has 1 aromatic heterocycles. The van der Waals surface area contributed by atoms with Gasteiger partial charge in [0.25, 0.3) is 11.5 Å². The molecule has 2 heterocycles. The molecule has 1 aliphatic heterocycles. The van der Waals surface area contributed by atoms with Gasteiger partial charge in [0.1, 0.15) is 11.6 Å². The molecule has 0 fully saturated rings. The molecule has 9 heteroatoms. The predicted molar refractivity (Wildman–Crippen MR) is 117 cm³/mol. The lowest BCUT2D eigenvalue weighted by molar-refractivity contribution is -0.148. The van der Waals surface area contributed by atoms with Gasteiger partial charge < -0.3 is 19.9 Å². The second kappa shape index (κ2) is 9.47. The maximum absolute atomic E-state index is 12.9. The number of pyridine rings is 1. The molecule has 1 atom stereocenters. The number of para-hydroxylation sites is 2. The van der Waals surface area contributed by atoms with Crippen LogP contribution in [0.4, 0.5) is 11.4 Å². The van der Waals surface area contributed by atoms with Crippen LogP contribution in [-0.2, 0) is 25.5 Å². The summed E-state index contributed by atoms with van der Waals surface area (Å²) in [6.45, 7) is 4.67. The van der Waals surface area contributed by atoms with Crippen LogP contribution in [-0.4, -0.2) is 35.4 Å². The highest BCUT2D eigenvalue weighted by Crippen LogP contribution is 2.31. The summed E-state index contributed by atoms with van der Waals surface area (Å²) >= 11 is 0. The molecule has 32 heavy (non-hydrogen) atoms. The zero-order valence-electron chi connectivity index (χ0n) is 18.2. The minimum atomic E-state index is -0.577. The molecule has 0 saturated carbocycles. The first-order valence-electron chi connectivity index (χ1n) is 10.2. The molecule has 1 aliphatic rings. The van der Waals surface area contributed by atoms with Crippen molar-refractivity contribution in [3.63, 3.8) is 0 Å². The third-order valence-corrected chi connectivity index (χ3v) is 5.48. The molecule has 0 aliphatic carbocycles. The molecule has 166 valence electrons. The molecule has 0 radical (unpaired) electrons. The van der Waals surface area contributed by atoms with Gasteiger partial charge in [-0.1, -0.05) is 12.1 Å². The molecule has 3 rings (SSSR count). The zero-order valence-corrected chi connectivity index (χ0v) is 18.2. The average Bonchev–Trinajstić information content (AvgIpc) is 2.86. The second-order valence-electron chi connectivity index (χ2n) is 7.71. The number of hydrogen-bond acceptors (Lipinski definition) is 6. The molecule has 9 nitrogen and oxygen atoms in total. The number of benzene rings is 1. The van der Waals surface area contributed by atoms with E-state index in [1.807, 2.05) is 6.07 Å². The van der Waals surface area contributed by atoms with Crippen molar-refractivity contribution in [3.05, 3.63) is 57.0 Å². The number of esters is 1. The highest BCUT2D eigenvalue weighted by Gasteiger charge is 2.30. The molecular formula is C23H24N4O5. The summed E-state index contributed by atoms with van der Waals surface area (Å²) < 4.78 is 5.20. The minimum absolute atomic E-state index is 0.0158. The normalized spacial score (nSPS) is 15.2. The van der Waals surface area contributed by atoms with Crippen LogP contribution < -0.4 is 15.8 Å². The van der Waals surface area contributed by atoms with Crippen LogP contribution >= 0.6 is 0 Å². The standard InChI is InChI=1S/C23H24N4O5/c1-13-10-20(28)26-18-6-4-5-7-19(18)27(13)21(29)12-32-22(30)9-8-16-14(2)17(11-24)23(31)25-15(16)3/h4-7,13H,8-10,12H2,1-3H3,(H,25,31)(H,26,28)/t13-/m0/s1. The molecular weight excluding hydrogens is 412 g/mol. The Hall–Kier alpha value is -3.93. The second-order valence-corrected chi connectivity index (χ2v) is 7.71. The van der Waals surface area contributed by atoms with E-state index < -0.39 is 30.1 Å². The molecule has 2 amide bonds. The zero-order chi connectivity index (χ0) is 23.4. The SMILES string of the molecule is Cc1[nH]c(=O)c(C#N)c(C)c1CCC(=O)OCC(=O)N1c2ccccc2NC(=O)C[C@@H]1C. The summed E-state index contributed by atoms with van der Waals surface area (Å²) in [5.41, 5.74) is 2.45. The predicted octanol–water partition coefficient (Wildman–Crippen LogP) is 2.10. The van der Waals surface area contributed by atoms with E-state index in [4.69, 9.17) is 10.00 Å². The molecule has 0 spiro atoms. The number of aromatic amines is 1. The van der Waals surface area contributed by atoms with Gasteiger partial charge in [-0.25, -0.2) is 0 Å². The number of nitrogens with one attached hydrogen (secondary N) is 2. The van der Waals surface area contributed by atoms with Crippen molar-refractivity contribution in [2.45, 2.75) is 46.1 Å². The van der Waals surface area contributed by atoms with E-state index in [0.717, 1.165) is 0 Å². The van der Waals surface area contributed by atoms with Crippen molar-refractivity contribution < 1.29 is 19.1 Å². The Labute approximate surface area is 185 Å². The Balaban J connectivity index is 1.66. The summed E-state index contributed by atoms with van der Waals surface area (Å²) in [5.74, 6) is -1.20. The van der Waals surface area contributed by atoms with Gasteiger partial charge in [-0.3, -0.25) is 19.2 Å². The molecule has 0 unspecified atom stereocenters. The number of rotatable bonds is 5. The van der Waals surface area contributed by atoms with Crippen molar-refractivity contribution >= 4 is 29.2 Å². The van der Waals surface area contributed by atoms with Gasteiger partial charge in [0.15, 0.2) is 6.61 Å². The summed E-state index contributed by atoms with van der Waals surface area (Å²) in [4.78, 5) is 53.1. The van der Waals surface area contributed by atoms with E-state index >= 15 is 0 Å². The van der Waals surface area contributed by atoms with Crippen molar-refractivity contribution in [2.75, 3.05) is 16.8 Å². The highest BCUT2D eigenvalue weighted by atomic mass is 16.5. The fourth-order valence-electron chi connectivity index (χ4n) is 3.90. The number of ether oxygens (including phenoxy) is 1.